The van der Waals surface area contributed by atoms with Crippen molar-refractivity contribution in [2.45, 2.75) is 32.0 Å². The molecule has 0 aliphatic heterocycles. The fourth-order valence-corrected chi connectivity index (χ4v) is 2.51. The monoisotopic (exact) mass is 373 g/mol. The highest BCUT2D eigenvalue weighted by molar-refractivity contribution is 5.88. The van der Waals surface area contributed by atoms with Crippen LogP contribution in [0.1, 0.15) is 18.4 Å². The summed E-state index contributed by atoms with van der Waals surface area (Å²) in [6.07, 6.45) is 5.19. The number of urea groups is 1. The number of carbonyl (C=O) groups excluding carboxylic acids is 2. The minimum Gasteiger partial charge on any atom is -0.493 e. The first-order valence-electron chi connectivity index (χ1n) is 8.65. The molecule has 3 rings (SSSR count). The molecule has 1 aliphatic rings. The van der Waals surface area contributed by atoms with Gasteiger partial charge in [-0.2, -0.15) is 5.10 Å². The van der Waals surface area contributed by atoms with Crippen LogP contribution in [0, 0.1) is 0 Å². The van der Waals surface area contributed by atoms with Crippen molar-refractivity contribution in [3.63, 3.8) is 0 Å². The van der Waals surface area contributed by atoms with Crippen molar-refractivity contribution in [2.24, 2.45) is 0 Å². The van der Waals surface area contributed by atoms with Gasteiger partial charge in [0.05, 0.1) is 26.1 Å². The number of aromatic nitrogens is 2. The van der Waals surface area contributed by atoms with E-state index in [2.05, 4.69) is 21.0 Å². The molecule has 0 saturated heterocycles. The van der Waals surface area contributed by atoms with Crippen LogP contribution in [0.25, 0.3) is 0 Å². The van der Waals surface area contributed by atoms with E-state index in [1.807, 2.05) is 6.07 Å². The van der Waals surface area contributed by atoms with Gasteiger partial charge in [-0.3, -0.25) is 9.48 Å². The zero-order chi connectivity index (χ0) is 19.2. The van der Waals surface area contributed by atoms with Gasteiger partial charge in [0.2, 0.25) is 5.91 Å². The summed E-state index contributed by atoms with van der Waals surface area (Å²) in [6, 6.07) is 5.37. The molecular weight excluding hydrogens is 350 g/mol. The van der Waals surface area contributed by atoms with Crippen LogP contribution in [0.5, 0.6) is 11.5 Å². The molecule has 9 nitrogen and oxygen atoms in total. The summed E-state index contributed by atoms with van der Waals surface area (Å²) in [4.78, 5) is 23.8. The molecule has 3 N–H and O–H groups in total. The van der Waals surface area contributed by atoms with E-state index < -0.39 is 0 Å². The summed E-state index contributed by atoms with van der Waals surface area (Å²) in [6.45, 7) is 0.454. The molecule has 1 aromatic heterocycles. The molecule has 1 saturated carbocycles. The van der Waals surface area contributed by atoms with E-state index in [1.54, 1.807) is 32.5 Å². The van der Waals surface area contributed by atoms with Crippen molar-refractivity contribution in [3.05, 3.63) is 36.2 Å². The quantitative estimate of drug-likeness (QED) is 0.650. The molecule has 3 amide bonds. The molecule has 9 heteroatoms. The van der Waals surface area contributed by atoms with Crippen LogP contribution in [-0.4, -0.2) is 42.0 Å². The highest BCUT2D eigenvalue weighted by atomic mass is 16.5. The number of methoxy groups -OCH3 is 2. The molecule has 0 atom stereocenters. The van der Waals surface area contributed by atoms with Gasteiger partial charge in [-0.15, -0.1) is 0 Å². The number of hydrogen-bond acceptors (Lipinski definition) is 5. The van der Waals surface area contributed by atoms with Crippen LogP contribution in [-0.2, 0) is 17.9 Å². The zero-order valence-corrected chi connectivity index (χ0v) is 15.3. The van der Waals surface area contributed by atoms with E-state index in [1.165, 1.54) is 10.9 Å². The maximum Gasteiger partial charge on any atom is 0.319 e. The third-order valence-electron chi connectivity index (χ3n) is 4.04. The number of rotatable bonds is 8. The number of anilines is 1. The van der Waals surface area contributed by atoms with Crippen LogP contribution in [0.15, 0.2) is 30.6 Å². The second-order valence-corrected chi connectivity index (χ2v) is 6.27. The molecule has 1 aromatic carbocycles. The summed E-state index contributed by atoms with van der Waals surface area (Å²) >= 11 is 0. The largest absolute Gasteiger partial charge is 0.493 e. The van der Waals surface area contributed by atoms with Crippen molar-refractivity contribution in [1.82, 2.24) is 20.4 Å². The highest BCUT2D eigenvalue weighted by Crippen LogP contribution is 2.27. The molecule has 1 heterocycles. The standard InChI is InChI=1S/C18H23N5O4/c1-26-15-6-3-12(7-16(15)27-2)8-19-18(25)22-14-9-20-23(10-14)11-17(24)21-13-4-5-13/h3,6-7,9-10,13H,4-5,8,11H2,1-2H3,(H,21,24)(H2,19,22,25). The summed E-state index contributed by atoms with van der Waals surface area (Å²) < 4.78 is 11.9. The first-order chi connectivity index (χ1) is 13.1. The molecule has 0 spiro atoms. The van der Waals surface area contributed by atoms with Crippen molar-refractivity contribution in [1.29, 1.82) is 0 Å². The van der Waals surface area contributed by atoms with Gasteiger partial charge in [0.15, 0.2) is 11.5 Å². The minimum absolute atomic E-state index is 0.0787. The fraction of sp³-hybridized carbons (Fsp3) is 0.389. The Labute approximate surface area is 157 Å². The Morgan fingerprint density at radius 3 is 2.70 bits per heavy atom. The molecule has 27 heavy (non-hydrogen) atoms. The molecular formula is C18H23N5O4. The van der Waals surface area contributed by atoms with E-state index >= 15 is 0 Å². The van der Waals surface area contributed by atoms with Crippen LogP contribution < -0.4 is 25.4 Å². The second kappa shape index (κ2) is 8.43. The molecule has 1 aliphatic carbocycles. The molecule has 0 radical (unpaired) electrons. The van der Waals surface area contributed by atoms with Gasteiger partial charge in [-0.05, 0) is 30.5 Å². The molecule has 0 unspecified atom stereocenters. The molecule has 144 valence electrons. The number of ether oxygens (including phenoxy) is 2. The van der Waals surface area contributed by atoms with Crippen molar-refractivity contribution in [3.8, 4) is 11.5 Å². The maximum absolute atomic E-state index is 12.1. The van der Waals surface area contributed by atoms with Gasteiger partial charge in [0, 0.05) is 18.8 Å². The average Bonchev–Trinajstić information content (AvgIpc) is 3.37. The number of amides is 3. The lowest BCUT2D eigenvalue weighted by molar-refractivity contribution is -0.122. The summed E-state index contributed by atoms with van der Waals surface area (Å²) in [5.74, 6) is 1.15. The average molecular weight is 373 g/mol. The van der Waals surface area contributed by atoms with Crippen LogP contribution in [0.2, 0.25) is 0 Å². The van der Waals surface area contributed by atoms with E-state index in [9.17, 15) is 9.59 Å². The SMILES string of the molecule is COc1ccc(CNC(=O)Nc2cnn(CC(=O)NC3CC3)c2)cc1OC. The topological polar surface area (TPSA) is 107 Å². The molecule has 1 fully saturated rings. The van der Waals surface area contributed by atoms with E-state index in [-0.39, 0.29) is 18.5 Å². The molecule has 0 bridgehead atoms. The van der Waals surface area contributed by atoms with Crippen molar-refractivity contribution >= 4 is 17.6 Å². The number of nitrogens with zero attached hydrogens (tertiary/aromatic N) is 2. The zero-order valence-electron chi connectivity index (χ0n) is 15.3. The third-order valence-corrected chi connectivity index (χ3v) is 4.04. The summed E-state index contributed by atoms with van der Waals surface area (Å²) in [5.41, 5.74) is 1.38. The Kier molecular flexibility index (Phi) is 5.80. The first kappa shape index (κ1) is 18.6. The Morgan fingerprint density at radius 2 is 2.00 bits per heavy atom. The predicted octanol–water partition coefficient (Wildman–Crippen LogP) is 1.50. The van der Waals surface area contributed by atoms with Crippen molar-refractivity contribution < 1.29 is 19.1 Å². The van der Waals surface area contributed by atoms with Gasteiger partial charge in [-0.25, -0.2) is 4.79 Å². The van der Waals surface area contributed by atoms with E-state index in [4.69, 9.17) is 9.47 Å². The minimum atomic E-state index is -0.369. The Morgan fingerprint density at radius 1 is 1.22 bits per heavy atom. The second-order valence-electron chi connectivity index (χ2n) is 6.27. The van der Waals surface area contributed by atoms with Crippen LogP contribution in [0.3, 0.4) is 0 Å². The fourth-order valence-electron chi connectivity index (χ4n) is 2.51. The van der Waals surface area contributed by atoms with Gasteiger partial charge in [0.25, 0.3) is 0 Å². The number of hydrogen-bond donors (Lipinski definition) is 3. The van der Waals surface area contributed by atoms with E-state index in [0.29, 0.717) is 29.8 Å². The Hall–Kier alpha value is -3.23. The number of benzene rings is 1. The number of nitrogens with one attached hydrogen (secondary N) is 3. The smallest absolute Gasteiger partial charge is 0.319 e. The van der Waals surface area contributed by atoms with Crippen molar-refractivity contribution in [2.75, 3.05) is 19.5 Å². The maximum atomic E-state index is 12.1. The Bertz CT molecular complexity index is 816. The third kappa shape index (κ3) is 5.37. The van der Waals surface area contributed by atoms with Gasteiger partial charge in [0.1, 0.15) is 6.54 Å². The normalized spacial score (nSPS) is 13.0. The van der Waals surface area contributed by atoms with Gasteiger partial charge < -0.3 is 25.4 Å². The van der Waals surface area contributed by atoms with Gasteiger partial charge >= 0.3 is 6.03 Å². The van der Waals surface area contributed by atoms with Crippen LogP contribution in [0.4, 0.5) is 10.5 Å². The highest BCUT2D eigenvalue weighted by Gasteiger charge is 2.23. The Balaban J connectivity index is 1.47. The number of carbonyl (C=O) groups is 2. The molecule has 2 aromatic rings. The lowest BCUT2D eigenvalue weighted by atomic mass is 10.2. The van der Waals surface area contributed by atoms with Gasteiger partial charge in [-0.1, -0.05) is 6.07 Å². The first-order valence-corrected chi connectivity index (χ1v) is 8.65. The lowest BCUT2D eigenvalue weighted by Gasteiger charge is -2.10. The van der Waals surface area contributed by atoms with E-state index in [0.717, 1.165) is 18.4 Å². The summed E-state index contributed by atoms with van der Waals surface area (Å²) in [7, 11) is 3.13. The summed E-state index contributed by atoms with van der Waals surface area (Å²) in [5, 5.41) is 12.4. The van der Waals surface area contributed by atoms with Crippen LogP contribution >= 0.6 is 0 Å². The predicted molar refractivity (Wildman–Crippen MR) is 98.8 cm³/mol. The lowest BCUT2D eigenvalue weighted by Crippen LogP contribution is -2.29.